The third-order valence-corrected chi connectivity index (χ3v) is 4.63. The second-order valence-electron chi connectivity index (χ2n) is 5.67. The van der Waals surface area contributed by atoms with Gasteiger partial charge in [0.1, 0.15) is 0 Å². The summed E-state index contributed by atoms with van der Waals surface area (Å²) in [5.41, 5.74) is 1.01. The van der Waals surface area contributed by atoms with Crippen LogP contribution in [0.3, 0.4) is 0 Å². The van der Waals surface area contributed by atoms with Crippen molar-refractivity contribution in [1.29, 1.82) is 0 Å². The van der Waals surface area contributed by atoms with Crippen LogP contribution in [0.5, 0.6) is 0 Å². The molecule has 1 heterocycles. The number of hydrogen-bond acceptors (Lipinski definition) is 2. The van der Waals surface area contributed by atoms with E-state index in [1.807, 2.05) is 6.07 Å². The first-order valence-corrected chi connectivity index (χ1v) is 8.42. The van der Waals surface area contributed by atoms with E-state index < -0.39 is 5.97 Å². The second kappa shape index (κ2) is 8.41. The van der Waals surface area contributed by atoms with Gasteiger partial charge in [-0.2, -0.15) is 0 Å². The highest BCUT2D eigenvalue weighted by molar-refractivity contribution is 6.35. The summed E-state index contributed by atoms with van der Waals surface area (Å²) in [7, 11) is 0. The molecule has 0 spiro atoms. The molecule has 2 amide bonds. The van der Waals surface area contributed by atoms with Gasteiger partial charge in [0, 0.05) is 29.7 Å². The summed E-state index contributed by atoms with van der Waals surface area (Å²) < 4.78 is 0. The molecule has 0 bridgehead atoms. The van der Waals surface area contributed by atoms with Gasteiger partial charge in [-0.15, -0.1) is 0 Å². The lowest BCUT2D eigenvalue weighted by Crippen LogP contribution is -2.45. The number of aliphatic carboxylic acids is 1. The first-order chi connectivity index (χ1) is 11.0. The quantitative estimate of drug-likeness (QED) is 0.792. The molecule has 1 aromatic rings. The van der Waals surface area contributed by atoms with Crippen molar-refractivity contribution in [3.05, 3.63) is 33.8 Å². The Morgan fingerprint density at radius 1 is 1.26 bits per heavy atom. The van der Waals surface area contributed by atoms with Gasteiger partial charge in [-0.3, -0.25) is 4.79 Å². The van der Waals surface area contributed by atoms with E-state index in [1.54, 1.807) is 17.0 Å². The van der Waals surface area contributed by atoms with E-state index in [1.165, 1.54) is 0 Å². The molecule has 0 aromatic heterocycles. The van der Waals surface area contributed by atoms with Crippen molar-refractivity contribution < 1.29 is 14.7 Å². The molecule has 0 radical (unpaired) electrons. The Hall–Kier alpha value is -1.46. The molecular weight excluding hydrogens is 339 g/mol. The third-order valence-electron chi connectivity index (χ3n) is 4.05. The van der Waals surface area contributed by atoms with E-state index in [4.69, 9.17) is 28.3 Å². The minimum atomic E-state index is -0.773. The SMILES string of the molecule is O=C(O)C1CCN(C(=O)NCCCc2ccc(Cl)cc2Cl)CC1. The first kappa shape index (κ1) is 17.9. The Labute approximate surface area is 145 Å². The molecule has 0 aliphatic carbocycles. The molecule has 1 aliphatic heterocycles. The van der Waals surface area contributed by atoms with Crippen LogP contribution in [-0.2, 0) is 11.2 Å². The Bertz CT molecular complexity index is 572. The van der Waals surface area contributed by atoms with E-state index in [0.29, 0.717) is 42.5 Å². The third kappa shape index (κ3) is 5.29. The van der Waals surface area contributed by atoms with Crippen molar-refractivity contribution in [1.82, 2.24) is 10.2 Å². The van der Waals surface area contributed by atoms with E-state index in [-0.39, 0.29) is 11.9 Å². The standard InChI is InChI=1S/C16H20Cl2N2O3/c17-13-4-3-11(14(18)10-13)2-1-7-19-16(23)20-8-5-12(6-9-20)15(21)22/h3-4,10,12H,1-2,5-9H2,(H,19,23)(H,21,22). The summed E-state index contributed by atoms with van der Waals surface area (Å²) in [6.45, 7) is 1.54. The van der Waals surface area contributed by atoms with E-state index in [0.717, 1.165) is 18.4 Å². The van der Waals surface area contributed by atoms with Crippen LogP contribution >= 0.6 is 23.2 Å². The van der Waals surface area contributed by atoms with Gasteiger partial charge in [-0.25, -0.2) is 4.79 Å². The number of halogens is 2. The topological polar surface area (TPSA) is 69.6 Å². The maximum absolute atomic E-state index is 12.0. The summed E-state index contributed by atoms with van der Waals surface area (Å²) in [6, 6.07) is 5.27. The van der Waals surface area contributed by atoms with Crippen LogP contribution in [0.1, 0.15) is 24.8 Å². The van der Waals surface area contributed by atoms with Gasteiger partial charge in [0.15, 0.2) is 0 Å². The number of carboxylic acids is 1. The Morgan fingerprint density at radius 3 is 2.57 bits per heavy atom. The summed E-state index contributed by atoms with van der Waals surface area (Å²) in [4.78, 5) is 24.6. The molecule has 23 heavy (non-hydrogen) atoms. The zero-order valence-electron chi connectivity index (χ0n) is 12.7. The van der Waals surface area contributed by atoms with Crippen LogP contribution < -0.4 is 5.32 Å². The fourth-order valence-electron chi connectivity index (χ4n) is 2.64. The summed E-state index contributed by atoms with van der Waals surface area (Å²) in [5, 5.41) is 13.1. The molecule has 7 heteroatoms. The first-order valence-electron chi connectivity index (χ1n) is 7.67. The average Bonchev–Trinajstić information content (AvgIpc) is 2.53. The predicted molar refractivity (Wildman–Crippen MR) is 90.1 cm³/mol. The number of carbonyl (C=O) groups excluding carboxylic acids is 1. The van der Waals surface area contributed by atoms with Crippen LogP contribution in [0.4, 0.5) is 4.79 Å². The minimum absolute atomic E-state index is 0.129. The van der Waals surface area contributed by atoms with Gasteiger partial charge < -0.3 is 15.3 Å². The molecule has 1 fully saturated rings. The van der Waals surface area contributed by atoms with Crippen LogP contribution in [0.2, 0.25) is 10.0 Å². The van der Waals surface area contributed by atoms with E-state index in [9.17, 15) is 9.59 Å². The molecule has 1 saturated heterocycles. The summed E-state index contributed by atoms with van der Waals surface area (Å²) in [5.74, 6) is -1.10. The number of benzene rings is 1. The highest BCUT2D eigenvalue weighted by atomic mass is 35.5. The minimum Gasteiger partial charge on any atom is -0.481 e. The lowest BCUT2D eigenvalue weighted by atomic mass is 9.97. The Morgan fingerprint density at radius 2 is 1.96 bits per heavy atom. The highest BCUT2D eigenvalue weighted by Gasteiger charge is 2.26. The van der Waals surface area contributed by atoms with Gasteiger partial charge in [-0.1, -0.05) is 29.3 Å². The van der Waals surface area contributed by atoms with E-state index >= 15 is 0 Å². The van der Waals surface area contributed by atoms with Crippen LogP contribution in [0, 0.1) is 5.92 Å². The van der Waals surface area contributed by atoms with Gasteiger partial charge >= 0.3 is 12.0 Å². The van der Waals surface area contributed by atoms with Gasteiger partial charge in [0.05, 0.1) is 5.92 Å². The molecule has 0 unspecified atom stereocenters. The van der Waals surface area contributed by atoms with E-state index in [2.05, 4.69) is 5.32 Å². The number of aryl methyl sites for hydroxylation is 1. The number of urea groups is 1. The largest absolute Gasteiger partial charge is 0.481 e. The van der Waals surface area contributed by atoms with Crippen molar-refractivity contribution in [2.75, 3.05) is 19.6 Å². The van der Waals surface area contributed by atoms with Crippen LogP contribution in [0.25, 0.3) is 0 Å². The molecule has 126 valence electrons. The molecule has 5 nitrogen and oxygen atoms in total. The molecule has 0 saturated carbocycles. The second-order valence-corrected chi connectivity index (χ2v) is 6.51. The van der Waals surface area contributed by atoms with Crippen molar-refractivity contribution in [3.63, 3.8) is 0 Å². The fourth-order valence-corrected chi connectivity index (χ4v) is 3.14. The number of nitrogens with one attached hydrogen (secondary N) is 1. The van der Waals surface area contributed by atoms with Crippen molar-refractivity contribution in [3.8, 4) is 0 Å². The number of hydrogen-bond donors (Lipinski definition) is 2. The van der Waals surface area contributed by atoms with Crippen LogP contribution in [0.15, 0.2) is 18.2 Å². The van der Waals surface area contributed by atoms with Gasteiger partial charge in [-0.05, 0) is 43.4 Å². The highest BCUT2D eigenvalue weighted by Crippen LogP contribution is 2.22. The Balaban J connectivity index is 1.68. The normalized spacial score (nSPS) is 15.5. The molecule has 1 aromatic carbocycles. The van der Waals surface area contributed by atoms with Crippen molar-refractivity contribution in [2.45, 2.75) is 25.7 Å². The fraction of sp³-hybridized carbons (Fsp3) is 0.500. The number of amides is 2. The molecular formula is C16H20Cl2N2O3. The molecule has 1 aliphatic rings. The van der Waals surface area contributed by atoms with Crippen LogP contribution in [-0.4, -0.2) is 41.6 Å². The Kier molecular flexibility index (Phi) is 6.54. The summed E-state index contributed by atoms with van der Waals surface area (Å²) >= 11 is 12.0. The lowest BCUT2D eigenvalue weighted by molar-refractivity contribution is -0.143. The zero-order valence-corrected chi connectivity index (χ0v) is 14.2. The van der Waals surface area contributed by atoms with Crippen molar-refractivity contribution in [2.24, 2.45) is 5.92 Å². The zero-order chi connectivity index (χ0) is 16.8. The molecule has 0 atom stereocenters. The predicted octanol–water partition coefficient (Wildman–Crippen LogP) is 3.43. The molecule has 2 N–H and O–H groups in total. The number of likely N-dealkylation sites (tertiary alicyclic amines) is 1. The number of piperidine rings is 1. The number of nitrogens with zero attached hydrogens (tertiary/aromatic N) is 1. The smallest absolute Gasteiger partial charge is 0.317 e. The summed E-state index contributed by atoms with van der Waals surface area (Å²) in [6.07, 6.45) is 2.57. The number of carbonyl (C=O) groups is 2. The maximum atomic E-state index is 12.0. The van der Waals surface area contributed by atoms with Crippen molar-refractivity contribution >= 4 is 35.2 Å². The van der Waals surface area contributed by atoms with Gasteiger partial charge in [0.2, 0.25) is 0 Å². The maximum Gasteiger partial charge on any atom is 0.317 e. The number of carboxylic acid groups (broad SMARTS) is 1. The molecule has 2 rings (SSSR count). The van der Waals surface area contributed by atoms with Gasteiger partial charge in [0.25, 0.3) is 0 Å². The number of rotatable bonds is 5. The average molecular weight is 359 g/mol. The monoisotopic (exact) mass is 358 g/mol. The lowest BCUT2D eigenvalue weighted by Gasteiger charge is -2.30.